The third-order valence-corrected chi connectivity index (χ3v) is 5.88. The molecule has 4 heterocycles. The van der Waals surface area contributed by atoms with Gasteiger partial charge in [0.25, 0.3) is 11.8 Å². The lowest BCUT2D eigenvalue weighted by molar-refractivity contribution is -0.111. The number of pyridine rings is 2. The molecular formula is C25H24N6O2. The topological polar surface area (TPSA) is 113 Å². The second kappa shape index (κ2) is 8.74. The average molecular weight is 441 g/mol. The van der Waals surface area contributed by atoms with E-state index in [1.54, 1.807) is 24.5 Å². The van der Waals surface area contributed by atoms with Crippen LogP contribution in [-0.2, 0) is 4.79 Å². The van der Waals surface area contributed by atoms with Crippen molar-refractivity contribution in [2.75, 3.05) is 36.0 Å². The van der Waals surface area contributed by atoms with E-state index in [-0.39, 0.29) is 11.8 Å². The normalized spacial score (nSPS) is 14.8. The molecule has 0 unspecified atom stereocenters. The molecule has 5 rings (SSSR count). The number of carbonyl (C=O) groups is 2. The number of anilines is 3. The lowest BCUT2D eigenvalue weighted by Crippen LogP contribution is -2.28. The quantitative estimate of drug-likeness (QED) is 0.573. The molecule has 33 heavy (non-hydrogen) atoms. The summed E-state index contributed by atoms with van der Waals surface area (Å²) in [5.41, 5.74) is 11.4. The van der Waals surface area contributed by atoms with E-state index in [9.17, 15) is 9.59 Å². The molecule has 0 spiro atoms. The van der Waals surface area contributed by atoms with Crippen LogP contribution >= 0.6 is 0 Å². The number of amides is 2. The number of fused-ring (bicyclic) bond motifs is 1. The lowest BCUT2D eigenvalue weighted by atomic mass is 9.95. The molecule has 4 N–H and O–H groups in total. The zero-order valence-corrected chi connectivity index (χ0v) is 18.0. The predicted molar refractivity (Wildman–Crippen MR) is 129 cm³/mol. The van der Waals surface area contributed by atoms with Crippen molar-refractivity contribution < 1.29 is 9.59 Å². The van der Waals surface area contributed by atoms with Crippen LogP contribution in [0.4, 0.5) is 17.1 Å². The summed E-state index contributed by atoms with van der Waals surface area (Å²) in [4.78, 5) is 35.8. The fourth-order valence-electron chi connectivity index (χ4n) is 4.18. The number of likely N-dealkylation sites (tertiary alicyclic amines) is 1. The van der Waals surface area contributed by atoms with Gasteiger partial charge in [-0.2, -0.15) is 0 Å². The zero-order valence-electron chi connectivity index (χ0n) is 18.0. The summed E-state index contributed by atoms with van der Waals surface area (Å²) in [6, 6.07) is 11.1. The van der Waals surface area contributed by atoms with Crippen molar-refractivity contribution in [1.29, 1.82) is 0 Å². The fraction of sp³-hybridized carbons (Fsp3) is 0.200. The maximum absolute atomic E-state index is 13.1. The number of aromatic nitrogens is 2. The van der Waals surface area contributed by atoms with Gasteiger partial charge in [0.1, 0.15) is 5.69 Å². The van der Waals surface area contributed by atoms with Crippen molar-refractivity contribution in [2.24, 2.45) is 0 Å². The smallest absolute Gasteiger partial charge is 0.272 e. The first-order valence-corrected chi connectivity index (χ1v) is 10.9. The van der Waals surface area contributed by atoms with Crippen LogP contribution in [0.5, 0.6) is 0 Å². The van der Waals surface area contributed by atoms with Gasteiger partial charge >= 0.3 is 0 Å². The summed E-state index contributed by atoms with van der Waals surface area (Å²) < 4.78 is 0. The minimum Gasteiger partial charge on any atom is -0.397 e. The number of nitrogens with one attached hydrogen (secondary N) is 2. The molecule has 166 valence electrons. The van der Waals surface area contributed by atoms with Crippen LogP contribution in [0.1, 0.15) is 28.9 Å². The van der Waals surface area contributed by atoms with Crippen molar-refractivity contribution in [3.8, 4) is 11.1 Å². The molecule has 2 aliphatic rings. The van der Waals surface area contributed by atoms with Gasteiger partial charge in [-0.1, -0.05) is 12.1 Å². The van der Waals surface area contributed by atoms with Crippen LogP contribution in [0.3, 0.4) is 0 Å². The molecule has 0 atom stereocenters. The first-order chi connectivity index (χ1) is 16.1. The van der Waals surface area contributed by atoms with Crippen LogP contribution in [0, 0.1) is 0 Å². The van der Waals surface area contributed by atoms with Crippen molar-refractivity contribution >= 4 is 34.4 Å². The molecule has 2 aromatic heterocycles. The van der Waals surface area contributed by atoms with Gasteiger partial charge in [-0.05, 0) is 48.7 Å². The molecule has 1 fully saturated rings. The molecule has 1 aromatic carbocycles. The average Bonchev–Trinajstić information content (AvgIpc) is 3.38. The highest BCUT2D eigenvalue weighted by Gasteiger charge is 2.22. The maximum atomic E-state index is 13.1. The molecule has 8 nitrogen and oxygen atoms in total. The highest BCUT2D eigenvalue weighted by Crippen LogP contribution is 2.33. The highest BCUT2D eigenvalue weighted by molar-refractivity contribution is 6.27. The highest BCUT2D eigenvalue weighted by atomic mass is 16.2. The van der Waals surface area contributed by atoms with Crippen molar-refractivity contribution in [3.05, 3.63) is 72.3 Å². The Labute approximate surface area is 191 Å². The monoisotopic (exact) mass is 440 g/mol. The predicted octanol–water partition coefficient (Wildman–Crippen LogP) is 3.41. The Balaban J connectivity index is 1.35. The molecule has 3 aromatic rings. The van der Waals surface area contributed by atoms with E-state index in [2.05, 4.69) is 20.6 Å². The van der Waals surface area contributed by atoms with Crippen molar-refractivity contribution in [3.63, 3.8) is 0 Å². The Morgan fingerprint density at radius 1 is 1.00 bits per heavy atom. The number of benzene rings is 1. The Bertz CT molecular complexity index is 1250. The van der Waals surface area contributed by atoms with E-state index in [0.717, 1.165) is 48.3 Å². The van der Waals surface area contributed by atoms with E-state index in [0.29, 0.717) is 29.2 Å². The van der Waals surface area contributed by atoms with Gasteiger partial charge in [0.15, 0.2) is 0 Å². The summed E-state index contributed by atoms with van der Waals surface area (Å²) in [5.74, 6) is -0.301. The Hall–Kier alpha value is -4.20. The molecule has 8 heteroatoms. The minimum absolute atomic E-state index is 0.0658. The number of hydrogen-bond acceptors (Lipinski definition) is 6. The Kier molecular flexibility index (Phi) is 5.48. The number of nitrogens with zero attached hydrogens (tertiary/aromatic N) is 3. The summed E-state index contributed by atoms with van der Waals surface area (Å²) >= 11 is 0. The summed E-state index contributed by atoms with van der Waals surface area (Å²) in [6.45, 7) is 2.10. The molecule has 0 radical (unpaired) electrons. The fourth-order valence-corrected chi connectivity index (χ4v) is 4.18. The molecular weight excluding hydrogens is 416 g/mol. The SMILES string of the molecule is Nc1cncc(-c2ccc3c(c2)C(C(=O)Nc2ccc(C(=O)N4CCCC4)nc2)=CCN3)c1. The minimum atomic E-state index is -0.235. The van der Waals surface area contributed by atoms with E-state index >= 15 is 0 Å². The molecule has 0 aliphatic carbocycles. The zero-order chi connectivity index (χ0) is 22.8. The van der Waals surface area contributed by atoms with Gasteiger partial charge in [-0.15, -0.1) is 0 Å². The Morgan fingerprint density at radius 2 is 1.85 bits per heavy atom. The van der Waals surface area contributed by atoms with Crippen LogP contribution in [0.2, 0.25) is 0 Å². The standard InChI is InChI=1S/C25H24N6O2/c26-18-11-17(13-27-14-18)16-3-5-22-21(12-16)20(7-8-28-22)24(32)30-19-4-6-23(29-15-19)25(33)31-9-1-2-10-31/h3-7,11-15,28H,1-2,8-10,26H2,(H,30,32). The number of nitrogens with two attached hydrogens (primary N) is 1. The second-order valence-corrected chi connectivity index (χ2v) is 8.15. The largest absolute Gasteiger partial charge is 0.397 e. The molecule has 1 saturated heterocycles. The van der Waals surface area contributed by atoms with Gasteiger partial charge in [0.05, 0.1) is 17.6 Å². The van der Waals surface area contributed by atoms with Gasteiger partial charge < -0.3 is 21.3 Å². The molecule has 0 saturated carbocycles. The van der Waals surface area contributed by atoms with E-state index in [4.69, 9.17) is 5.73 Å². The summed E-state index contributed by atoms with van der Waals surface area (Å²) in [5, 5.41) is 6.20. The molecule has 0 bridgehead atoms. The first kappa shape index (κ1) is 20.7. The second-order valence-electron chi connectivity index (χ2n) is 8.15. The lowest BCUT2D eigenvalue weighted by Gasteiger charge is -2.20. The van der Waals surface area contributed by atoms with E-state index in [1.165, 1.54) is 6.20 Å². The van der Waals surface area contributed by atoms with Gasteiger partial charge in [0.2, 0.25) is 0 Å². The summed E-state index contributed by atoms with van der Waals surface area (Å²) in [7, 11) is 0. The first-order valence-electron chi connectivity index (χ1n) is 10.9. The van der Waals surface area contributed by atoms with E-state index in [1.807, 2.05) is 35.2 Å². The number of rotatable bonds is 4. The van der Waals surface area contributed by atoms with Gasteiger partial charge in [0, 0.05) is 54.4 Å². The maximum Gasteiger partial charge on any atom is 0.272 e. The Morgan fingerprint density at radius 3 is 2.61 bits per heavy atom. The van der Waals surface area contributed by atoms with Crippen LogP contribution < -0.4 is 16.4 Å². The third kappa shape index (κ3) is 4.27. The van der Waals surface area contributed by atoms with E-state index < -0.39 is 0 Å². The number of carbonyl (C=O) groups excluding carboxylic acids is 2. The van der Waals surface area contributed by atoms with Crippen LogP contribution in [0.15, 0.2) is 61.1 Å². The molecule has 2 aliphatic heterocycles. The van der Waals surface area contributed by atoms with Gasteiger partial charge in [-0.25, -0.2) is 4.98 Å². The van der Waals surface area contributed by atoms with Crippen LogP contribution in [-0.4, -0.2) is 46.3 Å². The molecule has 2 amide bonds. The van der Waals surface area contributed by atoms with Crippen molar-refractivity contribution in [2.45, 2.75) is 12.8 Å². The summed E-state index contributed by atoms with van der Waals surface area (Å²) in [6.07, 6.45) is 8.79. The van der Waals surface area contributed by atoms with Gasteiger partial charge in [-0.3, -0.25) is 14.6 Å². The number of nitrogen functional groups attached to an aromatic ring is 1. The number of hydrogen-bond donors (Lipinski definition) is 3. The van der Waals surface area contributed by atoms with Crippen LogP contribution in [0.25, 0.3) is 16.7 Å². The third-order valence-electron chi connectivity index (χ3n) is 5.88. The van der Waals surface area contributed by atoms with Crippen molar-refractivity contribution in [1.82, 2.24) is 14.9 Å².